The van der Waals surface area contributed by atoms with Gasteiger partial charge in [-0.25, -0.2) is 0 Å². The fourth-order valence-corrected chi connectivity index (χ4v) is 1.48. The molecule has 0 aromatic heterocycles. The second kappa shape index (κ2) is 3.90. The quantitative estimate of drug-likeness (QED) is 0.478. The van der Waals surface area contributed by atoms with Crippen LogP contribution in [0.25, 0.3) is 0 Å². The summed E-state index contributed by atoms with van der Waals surface area (Å²) in [6.45, 7) is 7.81. The van der Waals surface area contributed by atoms with Gasteiger partial charge in [-0.1, -0.05) is 6.92 Å². The van der Waals surface area contributed by atoms with E-state index < -0.39 is 0 Å². The van der Waals surface area contributed by atoms with E-state index in [2.05, 4.69) is 18.7 Å². The molecule has 1 rings (SSSR count). The van der Waals surface area contributed by atoms with Gasteiger partial charge in [0.15, 0.2) is 0 Å². The van der Waals surface area contributed by atoms with Gasteiger partial charge >= 0.3 is 0 Å². The molecule has 0 radical (unpaired) electrons. The summed E-state index contributed by atoms with van der Waals surface area (Å²) < 4.78 is 5.48. The summed E-state index contributed by atoms with van der Waals surface area (Å²) >= 11 is 0. The predicted octanol–water partition coefficient (Wildman–Crippen LogP) is 1.48. The average Bonchev–Trinajstić information content (AvgIpc) is 2.08. The molecule has 1 saturated heterocycles. The van der Waals surface area contributed by atoms with E-state index in [1.54, 1.807) is 0 Å². The lowest BCUT2D eigenvalue weighted by Gasteiger charge is -2.38. The lowest BCUT2D eigenvalue weighted by Crippen LogP contribution is -2.49. The molecular weight excluding hydrogens is 152 g/mol. The average molecular weight is 170 g/mol. The van der Waals surface area contributed by atoms with Gasteiger partial charge in [-0.2, -0.15) is 0 Å². The molecule has 3 heteroatoms. The van der Waals surface area contributed by atoms with E-state index in [1.807, 2.05) is 6.92 Å². The van der Waals surface area contributed by atoms with E-state index in [1.165, 1.54) is 0 Å². The number of hydrogen-bond acceptors (Lipinski definition) is 2. The summed E-state index contributed by atoms with van der Waals surface area (Å²) in [5.41, 5.74) is 0. The highest BCUT2D eigenvalue weighted by Crippen LogP contribution is 2.12. The largest absolute Gasteiger partial charge is 0.375 e. The van der Waals surface area contributed by atoms with Crippen LogP contribution in [-0.4, -0.2) is 36.0 Å². The van der Waals surface area contributed by atoms with Crippen molar-refractivity contribution in [2.24, 2.45) is 0 Å². The van der Waals surface area contributed by atoms with E-state index in [-0.39, 0.29) is 6.10 Å². The molecule has 2 unspecified atom stereocenters. The van der Waals surface area contributed by atoms with Crippen LogP contribution in [0.4, 0.5) is 0 Å². The van der Waals surface area contributed by atoms with Crippen molar-refractivity contribution in [3.63, 3.8) is 0 Å². The van der Waals surface area contributed by atoms with Crippen molar-refractivity contribution in [3.8, 4) is 0 Å². The Morgan fingerprint density at radius 1 is 1.58 bits per heavy atom. The first kappa shape index (κ1) is 9.52. The zero-order valence-electron chi connectivity index (χ0n) is 8.13. The van der Waals surface area contributed by atoms with Crippen molar-refractivity contribution in [2.45, 2.75) is 39.3 Å². The van der Waals surface area contributed by atoms with E-state index in [0.717, 1.165) is 25.4 Å². The van der Waals surface area contributed by atoms with Crippen molar-refractivity contribution in [1.29, 1.82) is 5.41 Å². The van der Waals surface area contributed by atoms with Crippen molar-refractivity contribution >= 4 is 5.84 Å². The lowest BCUT2D eigenvalue weighted by molar-refractivity contribution is -0.0232. The Morgan fingerprint density at radius 3 is 2.83 bits per heavy atom. The molecule has 0 aliphatic carbocycles. The highest BCUT2D eigenvalue weighted by molar-refractivity contribution is 5.79. The molecule has 0 aromatic carbocycles. The standard InChI is InChI=1S/C9H18N2O/c1-4-9(10)11-5-8(3)12-6-7(11)2/h7-8,10H,4-6H2,1-3H3. The lowest BCUT2D eigenvalue weighted by atomic mass is 10.2. The monoisotopic (exact) mass is 170 g/mol. The first-order valence-corrected chi connectivity index (χ1v) is 4.60. The molecule has 1 heterocycles. The number of nitrogens with one attached hydrogen (secondary N) is 1. The molecule has 0 bridgehead atoms. The molecule has 1 aliphatic rings. The van der Waals surface area contributed by atoms with Crippen LogP contribution in [0, 0.1) is 5.41 Å². The number of ether oxygens (including phenoxy) is 1. The fraction of sp³-hybridized carbons (Fsp3) is 0.889. The summed E-state index contributed by atoms with van der Waals surface area (Å²) in [6, 6.07) is 0.369. The minimum Gasteiger partial charge on any atom is -0.375 e. The third-order valence-electron chi connectivity index (χ3n) is 2.29. The Kier molecular flexibility index (Phi) is 3.09. The number of rotatable bonds is 1. The highest BCUT2D eigenvalue weighted by Gasteiger charge is 2.24. The minimum atomic E-state index is 0.271. The molecular formula is C9H18N2O. The van der Waals surface area contributed by atoms with Crippen LogP contribution in [0.2, 0.25) is 0 Å². The van der Waals surface area contributed by atoms with E-state index >= 15 is 0 Å². The molecule has 3 nitrogen and oxygen atoms in total. The van der Waals surface area contributed by atoms with Gasteiger partial charge in [0, 0.05) is 13.0 Å². The third kappa shape index (κ3) is 1.97. The number of hydrogen-bond donors (Lipinski definition) is 1. The maximum Gasteiger partial charge on any atom is 0.0958 e. The van der Waals surface area contributed by atoms with Crippen LogP contribution in [0.15, 0.2) is 0 Å². The van der Waals surface area contributed by atoms with E-state index in [9.17, 15) is 0 Å². The van der Waals surface area contributed by atoms with Crippen molar-refractivity contribution < 1.29 is 4.74 Å². The summed E-state index contributed by atoms with van der Waals surface area (Å²) in [6.07, 6.45) is 1.09. The molecule has 0 spiro atoms. The van der Waals surface area contributed by atoms with Gasteiger partial charge < -0.3 is 9.64 Å². The van der Waals surface area contributed by atoms with Crippen LogP contribution in [0.5, 0.6) is 0 Å². The van der Waals surface area contributed by atoms with Crippen LogP contribution in [0.3, 0.4) is 0 Å². The van der Waals surface area contributed by atoms with E-state index in [4.69, 9.17) is 10.1 Å². The van der Waals surface area contributed by atoms with Gasteiger partial charge in [-0.3, -0.25) is 5.41 Å². The summed E-state index contributed by atoms with van der Waals surface area (Å²) in [5, 5.41) is 7.72. The Morgan fingerprint density at radius 2 is 2.25 bits per heavy atom. The van der Waals surface area contributed by atoms with Gasteiger partial charge in [0.05, 0.1) is 24.6 Å². The van der Waals surface area contributed by atoms with Gasteiger partial charge in [0.1, 0.15) is 0 Å². The number of nitrogens with zero attached hydrogens (tertiary/aromatic N) is 1. The van der Waals surface area contributed by atoms with Gasteiger partial charge in [0.25, 0.3) is 0 Å². The Labute approximate surface area is 74.2 Å². The Balaban J connectivity index is 2.54. The van der Waals surface area contributed by atoms with Crippen LogP contribution in [-0.2, 0) is 4.74 Å². The van der Waals surface area contributed by atoms with Gasteiger partial charge in [-0.15, -0.1) is 0 Å². The van der Waals surface area contributed by atoms with Gasteiger partial charge in [-0.05, 0) is 13.8 Å². The number of morpholine rings is 1. The Hall–Kier alpha value is -0.570. The molecule has 1 aliphatic heterocycles. The molecule has 2 atom stereocenters. The maximum absolute atomic E-state index is 7.72. The van der Waals surface area contributed by atoms with E-state index in [0.29, 0.717) is 6.04 Å². The molecule has 1 fully saturated rings. The second-order valence-electron chi connectivity index (χ2n) is 3.45. The molecule has 0 saturated carbocycles. The zero-order valence-corrected chi connectivity index (χ0v) is 8.13. The smallest absolute Gasteiger partial charge is 0.0958 e. The van der Waals surface area contributed by atoms with Crippen molar-refractivity contribution in [2.75, 3.05) is 13.2 Å². The summed E-state index contributed by atoms with van der Waals surface area (Å²) in [4.78, 5) is 2.13. The molecule has 70 valence electrons. The minimum absolute atomic E-state index is 0.271. The Bertz CT molecular complexity index is 170. The van der Waals surface area contributed by atoms with Crippen LogP contribution < -0.4 is 0 Å². The molecule has 0 amide bonds. The zero-order chi connectivity index (χ0) is 9.14. The second-order valence-corrected chi connectivity index (χ2v) is 3.45. The van der Waals surface area contributed by atoms with Crippen LogP contribution in [0.1, 0.15) is 27.2 Å². The fourth-order valence-electron chi connectivity index (χ4n) is 1.48. The molecule has 0 aromatic rings. The van der Waals surface area contributed by atoms with Crippen LogP contribution >= 0.6 is 0 Å². The predicted molar refractivity (Wildman–Crippen MR) is 49.6 cm³/mol. The van der Waals surface area contributed by atoms with Crippen molar-refractivity contribution in [1.82, 2.24) is 4.90 Å². The number of amidine groups is 1. The molecule has 1 N–H and O–H groups in total. The maximum atomic E-state index is 7.72. The van der Waals surface area contributed by atoms with Gasteiger partial charge in [0.2, 0.25) is 0 Å². The normalized spacial score (nSPS) is 30.4. The molecule has 12 heavy (non-hydrogen) atoms. The summed E-state index contributed by atoms with van der Waals surface area (Å²) in [5.74, 6) is 0.734. The topological polar surface area (TPSA) is 36.3 Å². The van der Waals surface area contributed by atoms with Crippen molar-refractivity contribution in [3.05, 3.63) is 0 Å². The summed E-state index contributed by atoms with van der Waals surface area (Å²) in [7, 11) is 0. The SMILES string of the molecule is CCC(=N)N1CC(C)OCC1C. The first-order valence-electron chi connectivity index (χ1n) is 4.60. The first-order chi connectivity index (χ1) is 5.65. The highest BCUT2D eigenvalue weighted by atomic mass is 16.5. The third-order valence-corrected chi connectivity index (χ3v) is 2.29.